The average molecular weight is 159 g/mol. The van der Waals surface area contributed by atoms with Crippen LogP contribution in [-0.4, -0.2) is 0 Å². The zero-order valence-electron chi connectivity index (χ0n) is 7.59. The van der Waals surface area contributed by atoms with Crippen molar-refractivity contribution in [2.45, 2.75) is 26.7 Å². The van der Waals surface area contributed by atoms with Crippen LogP contribution in [0.1, 0.15) is 25.0 Å². The van der Waals surface area contributed by atoms with Crippen LogP contribution in [0, 0.1) is 6.57 Å². The van der Waals surface area contributed by atoms with Crippen LogP contribution in [-0.2, 0) is 12.8 Å². The number of nitrogens with zero attached hydrogens (tertiary/aromatic N) is 1. The Hall–Kier alpha value is -1.29. The summed E-state index contributed by atoms with van der Waals surface area (Å²) in [5.41, 5.74) is 3.20. The maximum Gasteiger partial charge on any atom is 0.193 e. The summed E-state index contributed by atoms with van der Waals surface area (Å²) in [5.74, 6) is 0. The first-order chi connectivity index (χ1) is 5.83. The van der Waals surface area contributed by atoms with Gasteiger partial charge in [0.2, 0.25) is 0 Å². The maximum atomic E-state index is 7.06. The van der Waals surface area contributed by atoms with E-state index in [2.05, 4.69) is 18.7 Å². The molecule has 0 aliphatic heterocycles. The van der Waals surface area contributed by atoms with E-state index in [9.17, 15) is 0 Å². The molecule has 62 valence electrons. The lowest BCUT2D eigenvalue weighted by atomic mass is 10.0. The second-order valence-corrected chi connectivity index (χ2v) is 2.74. The minimum atomic E-state index is 0.863. The topological polar surface area (TPSA) is 4.36 Å². The second-order valence-electron chi connectivity index (χ2n) is 2.74. The highest BCUT2D eigenvalue weighted by Crippen LogP contribution is 2.25. The summed E-state index contributed by atoms with van der Waals surface area (Å²) in [6.45, 7) is 11.2. The van der Waals surface area contributed by atoms with Crippen LogP contribution in [0.4, 0.5) is 5.69 Å². The standard InChI is InChI=1S/C11H13N/c1-4-9-7-6-8-10(5-2)11(9)12-3/h6-8H,4-5H2,1-2H3. The van der Waals surface area contributed by atoms with Crippen molar-refractivity contribution >= 4 is 5.69 Å². The molecule has 0 saturated carbocycles. The molecule has 12 heavy (non-hydrogen) atoms. The van der Waals surface area contributed by atoms with Gasteiger partial charge in [0, 0.05) is 0 Å². The van der Waals surface area contributed by atoms with Gasteiger partial charge in [0.1, 0.15) is 0 Å². The van der Waals surface area contributed by atoms with Gasteiger partial charge in [0.25, 0.3) is 0 Å². The Morgan fingerprint density at radius 1 is 1.17 bits per heavy atom. The van der Waals surface area contributed by atoms with E-state index in [-0.39, 0.29) is 0 Å². The molecule has 0 amide bonds. The number of hydrogen-bond donors (Lipinski definition) is 0. The molecule has 0 fully saturated rings. The molecule has 1 rings (SSSR count). The smallest absolute Gasteiger partial charge is 0.193 e. The van der Waals surface area contributed by atoms with E-state index in [0.29, 0.717) is 0 Å². The van der Waals surface area contributed by atoms with E-state index >= 15 is 0 Å². The Labute approximate surface area is 73.9 Å². The summed E-state index contributed by atoms with van der Waals surface area (Å²) in [7, 11) is 0. The second kappa shape index (κ2) is 3.92. The fraction of sp³-hybridized carbons (Fsp3) is 0.364. The third-order valence-electron chi connectivity index (χ3n) is 2.08. The van der Waals surface area contributed by atoms with E-state index in [1.165, 1.54) is 11.1 Å². The summed E-state index contributed by atoms with van der Waals surface area (Å²) in [4.78, 5) is 3.56. The van der Waals surface area contributed by atoms with Crippen LogP contribution in [0.2, 0.25) is 0 Å². The molecule has 0 unspecified atom stereocenters. The molecule has 0 atom stereocenters. The molecule has 1 aromatic carbocycles. The predicted octanol–water partition coefficient (Wildman–Crippen LogP) is 3.36. The third kappa shape index (κ3) is 1.48. The van der Waals surface area contributed by atoms with Gasteiger partial charge in [-0.25, -0.2) is 4.85 Å². The molecule has 0 aliphatic carbocycles. The highest BCUT2D eigenvalue weighted by atomic mass is 14.7. The molecule has 0 aromatic heterocycles. The maximum absolute atomic E-state index is 7.06. The van der Waals surface area contributed by atoms with E-state index in [0.717, 1.165) is 18.5 Å². The van der Waals surface area contributed by atoms with E-state index in [1.54, 1.807) is 0 Å². The van der Waals surface area contributed by atoms with Crippen molar-refractivity contribution in [1.29, 1.82) is 0 Å². The molecular formula is C11H13N. The molecule has 0 bridgehead atoms. The molecule has 1 aromatic rings. The summed E-state index contributed by atoms with van der Waals surface area (Å²) in [6, 6.07) is 6.10. The van der Waals surface area contributed by atoms with Crippen molar-refractivity contribution < 1.29 is 0 Å². The largest absolute Gasteiger partial charge is 0.238 e. The Balaban J connectivity index is 3.25. The first-order valence-electron chi connectivity index (χ1n) is 4.31. The zero-order chi connectivity index (χ0) is 8.97. The lowest BCUT2D eigenvalue weighted by Gasteiger charge is -2.04. The number of hydrogen-bond acceptors (Lipinski definition) is 0. The van der Waals surface area contributed by atoms with Gasteiger partial charge < -0.3 is 0 Å². The summed E-state index contributed by atoms with van der Waals surface area (Å²) in [6.07, 6.45) is 1.90. The summed E-state index contributed by atoms with van der Waals surface area (Å²) in [5, 5.41) is 0. The van der Waals surface area contributed by atoms with Crippen LogP contribution in [0.15, 0.2) is 18.2 Å². The number of benzene rings is 1. The number of para-hydroxylation sites is 1. The van der Waals surface area contributed by atoms with Gasteiger partial charge in [-0.2, -0.15) is 0 Å². The zero-order valence-corrected chi connectivity index (χ0v) is 7.59. The average Bonchev–Trinajstić information content (AvgIpc) is 2.16. The molecule has 0 heterocycles. The van der Waals surface area contributed by atoms with Gasteiger partial charge in [-0.3, -0.25) is 0 Å². The van der Waals surface area contributed by atoms with Gasteiger partial charge in [0.05, 0.1) is 6.57 Å². The quantitative estimate of drug-likeness (QED) is 0.583. The molecule has 0 spiro atoms. The SMILES string of the molecule is [C-]#[N+]c1c(CC)cccc1CC. The van der Waals surface area contributed by atoms with Crippen molar-refractivity contribution in [3.8, 4) is 0 Å². The Morgan fingerprint density at radius 2 is 1.67 bits per heavy atom. The van der Waals surface area contributed by atoms with Crippen LogP contribution in [0.25, 0.3) is 4.85 Å². The molecule has 0 N–H and O–H groups in total. The minimum absolute atomic E-state index is 0.863. The van der Waals surface area contributed by atoms with E-state index in [1.807, 2.05) is 18.2 Å². The highest BCUT2D eigenvalue weighted by Gasteiger charge is 2.03. The predicted molar refractivity (Wildman–Crippen MR) is 51.5 cm³/mol. The Bertz CT molecular complexity index is 285. The minimum Gasteiger partial charge on any atom is -0.238 e. The van der Waals surface area contributed by atoms with E-state index < -0.39 is 0 Å². The van der Waals surface area contributed by atoms with Crippen molar-refractivity contribution in [2.75, 3.05) is 0 Å². The third-order valence-corrected chi connectivity index (χ3v) is 2.08. The molecule has 1 heteroatoms. The van der Waals surface area contributed by atoms with Gasteiger partial charge in [-0.15, -0.1) is 0 Å². The Morgan fingerprint density at radius 3 is 2.00 bits per heavy atom. The van der Waals surface area contributed by atoms with Gasteiger partial charge >= 0.3 is 0 Å². The lowest BCUT2D eigenvalue weighted by Crippen LogP contribution is -1.86. The first kappa shape index (κ1) is 8.80. The van der Waals surface area contributed by atoms with Crippen LogP contribution >= 0.6 is 0 Å². The van der Waals surface area contributed by atoms with Crippen LogP contribution in [0.5, 0.6) is 0 Å². The Kier molecular flexibility index (Phi) is 2.88. The van der Waals surface area contributed by atoms with Gasteiger partial charge in [0.15, 0.2) is 5.69 Å². The normalized spacial score (nSPS) is 9.42. The van der Waals surface area contributed by atoms with Crippen molar-refractivity contribution in [3.63, 3.8) is 0 Å². The summed E-state index contributed by atoms with van der Waals surface area (Å²) >= 11 is 0. The van der Waals surface area contributed by atoms with Crippen molar-refractivity contribution in [3.05, 3.63) is 40.7 Å². The molecular weight excluding hydrogens is 146 g/mol. The number of rotatable bonds is 2. The lowest BCUT2D eigenvalue weighted by molar-refractivity contribution is 1.10. The fourth-order valence-corrected chi connectivity index (χ4v) is 1.36. The van der Waals surface area contributed by atoms with Gasteiger partial charge in [-0.1, -0.05) is 32.0 Å². The van der Waals surface area contributed by atoms with Crippen molar-refractivity contribution in [1.82, 2.24) is 0 Å². The first-order valence-corrected chi connectivity index (χ1v) is 4.31. The van der Waals surface area contributed by atoms with Crippen molar-refractivity contribution in [2.24, 2.45) is 0 Å². The molecule has 0 saturated heterocycles. The number of aryl methyl sites for hydroxylation is 2. The fourth-order valence-electron chi connectivity index (χ4n) is 1.36. The highest BCUT2D eigenvalue weighted by molar-refractivity contribution is 5.58. The molecule has 0 aliphatic rings. The van der Waals surface area contributed by atoms with Crippen LogP contribution < -0.4 is 0 Å². The van der Waals surface area contributed by atoms with Gasteiger partial charge in [-0.05, 0) is 24.0 Å². The van der Waals surface area contributed by atoms with Crippen LogP contribution in [0.3, 0.4) is 0 Å². The molecule has 1 nitrogen and oxygen atoms in total. The molecule has 0 radical (unpaired) electrons. The monoisotopic (exact) mass is 159 g/mol. The summed E-state index contributed by atoms with van der Waals surface area (Å²) < 4.78 is 0. The van der Waals surface area contributed by atoms with E-state index in [4.69, 9.17) is 6.57 Å².